The summed E-state index contributed by atoms with van der Waals surface area (Å²) in [4.78, 5) is 14.8. The average Bonchev–Trinajstić information content (AvgIpc) is 3.59. The number of carbonyl (C=O) groups excluding carboxylic acids is 1. The number of nitrogens with one attached hydrogen (secondary N) is 1. The molecular formula is C26H21N5O2S2. The van der Waals surface area contributed by atoms with Gasteiger partial charge in [-0.2, -0.15) is 0 Å². The van der Waals surface area contributed by atoms with E-state index in [1.807, 2.05) is 66.0 Å². The van der Waals surface area contributed by atoms with Gasteiger partial charge in [-0.15, -0.1) is 16.4 Å². The van der Waals surface area contributed by atoms with Gasteiger partial charge in [0.15, 0.2) is 0 Å². The zero-order valence-electron chi connectivity index (χ0n) is 18.5. The second-order valence-corrected chi connectivity index (χ2v) is 10.1. The van der Waals surface area contributed by atoms with Crippen molar-refractivity contribution in [2.75, 3.05) is 11.1 Å². The number of hydrogen-bond donors (Lipinski definition) is 2. The molecule has 0 saturated carbocycles. The number of rotatable bonds is 7. The summed E-state index contributed by atoms with van der Waals surface area (Å²) in [5, 5.41) is 13.2. The standard InChI is InChI=1S/C26H21N5O2S2/c27-22-12-11-19(25-10-5-13-34-25)15-23(22)28-26(32)20-7-4-6-18(14-20)24-16-31(30-29-24)17-35(33)21-8-2-1-3-9-21/h1-16H,17,27H2,(H,28,32). The largest absolute Gasteiger partial charge is 0.397 e. The fourth-order valence-corrected chi connectivity index (χ4v) is 5.24. The molecule has 0 aliphatic heterocycles. The molecule has 9 heteroatoms. The van der Waals surface area contributed by atoms with Crippen LogP contribution < -0.4 is 11.1 Å². The van der Waals surface area contributed by atoms with Gasteiger partial charge in [0.1, 0.15) is 11.6 Å². The number of aromatic nitrogens is 3. The van der Waals surface area contributed by atoms with E-state index in [0.717, 1.165) is 20.9 Å². The number of nitrogen functional groups attached to an aromatic ring is 1. The van der Waals surface area contributed by atoms with E-state index in [1.54, 1.807) is 46.5 Å². The number of anilines is 2. The first-order valence-corrected chi connectivity index (χ1v) is 13.0. The Morgan fingerprint density at radius 1 is 0.971 bits per heavy atom. The topological polar surface area (TPSA) is 103 Å². The van der Waals surface area contributed by atoms with Crippen LogP contribution in [0.5, 0.6) is 0 Å². The van der Waals surface area contributed by atoms with Gasteiger partial charge in [0.2, 0.25) is 0 Å². The van der Waals surface area contributed by atoms with Crippen LogP contribution in [0.3, 0.4) is 0 Å². The lowest BCUT2D eigenvalue weighted by atomic mass is 10.1. The SMILES string of the molecule is Nc1ccc(-c2cccs2)cc1NC(=O)c1cccc(-c2cn(CS(=O)c3ccccc3)nn2)c1. The molecule has 2 aromatic heterocycles. The summed E-state index contributed by atoms with van der Waals surface area (Å²) in [5.41, 5.74) is 9.93. The van der Waals surface area contributed by atoms with Crippen LogP contribution in [0.2, 0.25) is 0 Å². The Kier molecular flexibility index (Phi) is 6.51. The molecule has 2 heterocycles. The first-order chi connectivity index (χ1) is 17.1. The van der Waals surface area contributed by atoms with Gasteiger partial charge in [-0.3, -0.25) is 9.00 Å². The van der Waals surface area contributed by atoms with Crippen LogP contribution in [-0.2, 0) is 16.7 Å². The molecule has 7 nitrogen and oxygen atoms in total. The Morgan fingerprint density at radius 2 is 1.83 bits per heavy atom. The van der Waals surface area contributed by atoms with Crippen LogP contribution >= 0.6 is 11.3 Å². The first-order valence-electron chi connectivity index (χ1n) is 10.8. The zero-order valence-corrected chi connectivity index (χ0v) is 20.1. The molecule has 0 radical (unpaired) electrons. The Hall–Kier alpha value is -4.08. The second-order valence-electron chi connectivity index (χ2n) is 7.75. The number of nitrogens with two attached hydrogens (primary N) is 1. The summed E-state index contributed by atoms with van der Waals surface area (Å²) in [6.07, 6.45) is 1.72. The third-order valence-electron chi connectivity index (χ3n) is 5.32. The lowest BCUT2D eigenvalue weighted by Gasteiger charge is -2.10. The highest BCUT2D eigenvalue weighted by Gasteiger charge is 2.13. The number of carbonyl (C=O) groups is 1. The van der Waals surface area contributed by atoms with Gasteiger partial charge < -0.3 is 11.1 Å². The summed E-state index contributed by atoms with van der Waals surface area (Å²) in [7, 11) is -1.24. The lowest BCUT2D eigenvalue weighted by Crippen LogP contribution is -2.13. The Morgan fingerprint density at radius 3 is 2.63 bits per heavy atom. The highest BCUT2D eigenvalue weighted by atomic mass is 32.2. The van der Waals surface area contributed by atoms with Gasteiger partial charge in [-0.25, -0.2) is 4.68 Å². The molecule has 3 aromatic carbocycles. The van der Waals surface area contributed by atoms with Crippen molar-refractivity contribution in [1.82, 2.24) is 15.0 Å². The maximum atomic E-state index is 13.0. The van der Waals surface area contributed by atoms with Crippen molar-refractivity contribution in [2.45, 2.75) is 10.8 Å². The molecule has 0 fully saturated rings. The predicted octanol–water partition coefficient (Wildman–Crippen LogP) is 5.27. The van der Waals surface area contributed by atoms with E-state index in [9.17, 15) is 9.00 Å². The van der Waals surface area contributed by atoms with Gasteiger partial charge >= 0.3 is 0 Å². The highest BCUT2D eigenvalue weighted by Crippen LogP contribution is 2.30. The number of benzene rings is 3. The minimum atomic E-state index is -1.24. The Balaban J connectivity index is 1.32. The predicted molar refractivity (Wildman–Crippen MR) is 140 cm³/mol. The molecule has 0 aliphatic carbocycles. The van der Waals surface area contributed by atoms with E-state index >= 15 is 0 Å². The van der Waals surface area contributed by atoms with Crippen LogP contribution in [0.15, 0.2) is 101 Å². The molecule has 1 amide bonds. The van der Waals surface area contributed by atoms with Crippen LogP contribution in [-0.4, -0.2) is 25.1 Å². The maximum Gasteiger partial charge on any atom is 0.255 e. The summed E-state index contributed by atoms with van der Waals surface area (Å²) in [6, 6.07) is 25.9. The minimum Gasteiger partial charge on any atom is -0.397 e. The molecule has 1 unspecified atom stereocenters. The van der Waals surface area contributed by atoms with Crippen molar-refractivity contribution in [1.29, 1.82) is 0 Å². The number of thiophene rings is 1. The quantitative estimate of drug-likeness (QED) is 0.297. The highest BCUT2D eigenvalue weighted by molar-refractivity contribution is 7.84. The lowest BCUT2D eigenvalue weighted by molar-refractivity contribution is 0.102. The number of hydrogen-bond acceptors (Lipinski definition) is 6. The van der Waals surface area contributed by atoms with E-state index in [-0.39, 0.29) is 11.8 Å². The Labute approximate surface area is 208 Å². The van der Waals surface area contributed by atoms with Crippen molar-refractivity contribution in [3.05, 3.63) is 102 Å². The third kappa shape index (κ3) is 5.21. The zero-order chi connectivity index (χ0) is 24.2. The normalized spacial score (nSPS) is 11.8. The molecule has 0 bridgehead atoms. The van der Waals surface area contributed by atoms with Crippen molar-refractivity contribution in [2.24, 2.45) is 0 Å². The third-order valence-corrected chi connectivity index (χ3v) is 7.54. The minimum absolute atomic E-state index is 0.192. The van der Waals surface area contributed by atoms with Gasteiger partial charge in [0, 0.05) is 20.9 Å². The summed E-state index contributed by atoms with van der Waals surface area (Å²) >= 11 is 1.62. The van der Waals surface area contributed by atoms with E-state index in [4.69, 9.17) is 5.73 Å². The molecule has 35 heavy (non-hydrogen) atoms. The van der Waals surface area contributed by atoms with Crippen molar-refractivity contribution in [3.8, 4) is 21.7 Å². The molecule has 3 N–H and O–H groups in total. The van der Waals surface area contributed by atoms with Gasteiger partial charge in [-0.05, 0) is 53.4 Å². The molecule has 1 atom stereocenters. The van der Waals surface area contributed by atoms with Crippen LogP contribution in [0, 0.1) is 0 Å². The van der Waals surface area contributed by atoms with E-state index in [0.29, 0.717) is 22.6 Å². The number of nitrogens with zero attached hydrogens (tertiary/aromatic N) is 3. The van der Waals surface area contributed by atoms with E-state index in [2.05, 4.69) is 15.6 Å². The van der Waals surface area contributed by atoms with Crippen molar-refractivity contribution < 1.29 is 9.00 Å². The molecule has 174 valence electrons. The smallest absolute Gasteiger partial charge is 0.255 e. The van der Waals surface area contributed by atoms with Crippen LogP contribution in [0.1, 0.15) is 10.4 Å². The number of amides is 1. The van der Waals surface area contributed by atoms with Crippen molar-refractivity contribution >= 4 is 39.4 Å². The molecule has 5 aromatic rings. The van der Waals surface area contributed by atoms with E-state index in [1.165, 1.54) is 0 Å². The van der Waals surface area contributed by atoms with Crippen LogP contribution in [0.4, 0.5) is 11.4 Å². The summed E-state index contributed by atoms with van der Waals surface area (Å²) < 4.78 is 14.1. The molecule has 0 spiro atoms. The molecule has 0 saturated heterocycles. The van der Waals surface area contributed by atoms with Crippen LogP contribution in [0.25, 0.3) is 21.7 Å². The Bertz CT molecular complexity index is 1500. The monoisotopic (exact) mass is 499 g/mol. The first kappa shape index (κ1) is 22.7. The fourth-order valence-electron chi connectivity index (χ4n) is 3.54. The average molecular weight is 500 g/mol. The van der Waals surface area contributed by atoms with Gasteiger partial charge in [0.05, 0.1) is 28.4 Å². The maximum absolute atomic E-state index is 13.0. The molecule has 0 aliphatic rings. The second kappa shape index (κ2) is 10.0. The van der Waals surface area contributed by atoms with Gasteiger partial charge in [0.25, 0.3) is 5.91 Å². The summed E-state index contributed by atoms with van der Waals surface area (Å²) in [5.74, 6) is -0.0868. The molecule has 5 rings (SSSR count). The van der Waals surface area contributed by atoms with E-state index < -0.39 is 10.8 Å². The van der Waals surface area contributed by atoms with Gasteiger partial charge in [-0.1, -0.05) is 47.7 Å². The van der Waals surface area contributed by atoms with Crippen molar-refractivity contribution in [3.63, 3.8) is 0 Å². The molecular weight excluding hydrogens is 478 g/mol. The fraction of sp³-hybridized carbons (Fsp3) is 0.0385. The summed E-state index contributed by atoms with van der Waals surface area (Å²) in [6.45, 7) is 0.